The molecule has 3 amide bonds. The normalized spacial score (nSPS) is 15.4. The Morgan fingerprint density at radius 2 is 1.63 bits per heavy atom. The Hall–Kier alpha value is -1.46. The quantitative estimate of drug-likeness (QED) is 0.226. The Labute approximate surface area is 169 Å². The second-order valence-corrected chi connectivity index (χ2v) is 7.78. The van der Waals surface area contributed by atoms with Gasteiger partial charge in [-0.1, -0.05) is 13.8 Å². The average molecular weight is 423 g/mol. The molecule has 0 radical (unpaired) electrons. The number of carboxylic acid groups (broad SMARTS) is 1. The molecule has 27 heavy (non-hydrogen) atoms. The first kappa shape index (κ1) is 25.5. The molecule has 0 heterocycles. The van der Waals surface area contributed by atoms with Gasteiger partial charge in [-0.25, -0.2) is 0 Å². The fraction of sp³-hybridized carbons (Fsp3) is 0.750. The first-order chi connectivity index (χ1) is 12.5. The third-order valence-electron chi connectivity index (χ3n) is 3.75. The molecule has 0 saturated heterocycles. The van der Waals surface area contributed by atoms with Crippen molar-refractivity contribution in [3.8, 4) is 0 Å². The molecule has 4 atom stereocenters. The minimum absolute atomic E-state index is 0.129. The van der Waals surface area contributed by atoms with Crippen LogP contribution in [0, 0.1) is 5.92 Å². The first-order valence-electron chi connectivity index (χ1n) is 8.54. The van der Waals surface area contributed by atoms with E-state index in [9.17, 15) is 19.2 Å². The third kappa shape index (κ3) is 9.34. The van der Waals surface area contributed by atoms with Gasteiger partial charge in [0.1, 0.15) is 18.1 Å². The van der Waals surface area contributed by atoms with Gasteiger partial charge in [-0.2, -0.15) is 24.4 Å². The van der Waals surface area contributed by atoms with Crippen molar-refractivity contribution in [2.24, 2.45) is 11.7 Å². The van der Waals surface area contributed by atoms with E-state index in [1.165, 1.54) is 18.7 Å². The van der Waals surface area contributed by atoms with Gasteiger partial charge < -0.3 is 26.8 Å². The van der Waals surface area contributed by atoms with Crippen LogP contribution in [0.2, 0.25) is 0 Å². The van der Waals surface area contributed by atoms with E-state index in [1.54, 1.807) is 13.8 Å². The van der Waals surface area contributed by atoms with Crippen molar-refractivity contribution in [1.82, 2.24) is 16.0 Å². The summed E-state index contributed by atoms with van der Waals surface area (Å²) in [5.74, 6) is -2.34. The molecule has 0 aliphatic carbocycles. The molecule has 156 valence electrons. The Morgan fingerprint density at radius 1 is 1.04 bits per heavy atom. The highest BCUT2D eigenvalue weighted by molar-refractivity contribution is 7.98. The molecule has 6 N–H and O–H groups in total. The lowest BCUT2D eigenvalue weighted by atomic mass is 10.0. The number of aliphatic carboxylic acids is 1. The maximum Gasteiger partial charge on any atom is 0.325 e. The molecule has 4 unspecified atom stereocenters. The van der Waals surface area contributed by atoms with Crippen molar-refractivity contribution < 1.29 is 24.3 Å². The molecule has 0 fully saturated rings. The van der Waals surface area contributed by atoms with Crippen molar-refractivity contribution in [3.63, 3.8) is 0 Å². The van der Waals surface area contributed by atoms with Crippen molar-refractivity contribution in [1.29, 1.82) is 0 Å². The monoisotopic (exact) mass is 422 g/mol. The minimum Gasteiger partial charge on any atom is -0.480 e. The van der Waals surface area contributed by atoms with Gasteiger partial charge in [-0.15, -0.1) is 0 Å². The Morgan fingerprint density at radius 3 is 2.07 bits per heavy atom. The Balaban J connectivity index is 5.17. The SMILES string of the molecule is CSCCC(NC(=O)C(NC(=O)C(N)CS)C(C)C)C(=O)NC(C)C(=O)O. The van der Waals surface area contributed by atoms with E-state index in [0.717, 1.165) is 0 Å². The number of carbonyl (C=O) groups excluding carboxylic acids is 3. The number of thioether (sulfide) groups is 1. The van der Waals surface area contributed by atoms with E-state index in [1.807, 2.05) is 6.26 Å². The zero-order chi connectivity index (χ0) is 21.1. The summed E-state index contributed by atoms with van der Waals surface area (Å²) in [5, 5.41) is 16.5. The maximum atomic E-state index is 12.6. The number of nitrogens with one attached hydrogen (secondary N) is 3. The highest BCUT2D eigenvalue weighted by Gasteiger charge is 2.30. The van der Waals surface area contributed by atoms with E-state index in [2.05, 4.69) is 28.6 Å². The highest BCUT2D eigenvalue weighted by Crippen LogP contribution is 2.06. The van der Waals surface area contributed by atoms with Gasteiger partial charge in [-0.05, 0) is 31.3 Å². The standard InChI is InChI=1S/C16H30N4O5S2/c1-8(2)12(20-13(21)10(17)7-26)15(23)19-11(5-6-27-4)14(22)18-9(3)16(24)25/h8-12,26H,5-7,17H2,1-4H3,(H,18,22)(H,19,23)(H,20,21)(H,24,25). The van der Waals surface area contributed by atoms with Gasteiger partial charge in [0.15, 0.2) is 0 Å². The number of amides is 3. The molecule has 0 aliphatic rings. The fourth-order valence-corrected chi connectivity index (χ4v) is 2.66. The zero-order valence-corrected chi connectivity index (χ0v) is 17.7. The van der Waals surface area contributed by atoms with Crippen LogP contribution < -0.4 is 21.7 Å². The number of carboxylic acids is 1. The summed E-state index contributed by atoms with van der Waals surface area (Å²) in [4.78, 5) is 47.9. The van der Waals surface area contributed by atoms with Gasteiger partial charge in [0.05, 0.1) is 6.04 Å². The largest absolute Gasteiger partial charge is 0.480 e. The van der Waals surface area contributed by atoms with Crippen LogP contribution in [0.25, 0.3) is 0 Å². The molecule has 0 aromatic heterocycles. The number of thiol groups is 1. The summed E-state index contributed by atoms with van der Waals surface area (Å²) in [7, 11) is 0. The maximum absolute atomic E-state index is 12.6. The van der Waals surface area contributed by atoms with E-state index in [4.69, 9.17) is 10.8 Å². The number of hydrogen-bond acceptors (Lipinski definition) is 7. The number of carbonyl (C=O) groups is 4. The second-order valence-electron chi connectivity index (χ2n) is 6.43. The summed E-state index contributed by atoms with van der Waals surface area (Å²) < 4.78 is 0. The summed E-state index contributed by atoms with van der Waals surface area (Å²) in [6, 6.07) is -3.73. The fourth-order valence-electron chi connectivity index (χ4n) is 2.02. The van der Waals surface area contributed by atoms with Gasteiger partial charge >= 0.3 is 5.97 Å². The van der Waals surface area contributed by atoms with Gasteiger partial charge in [0.2, 0.25) is 17.7 Å². The Bertz CT molecular complexity index is 533. The predicted molar refractivity (Wildman–Crippen MR) is 109 cm³/mol. The summed E-state index contributed by atoms with van der Waals surface area (Å²) in [5.41, 5.74) is 5.62. The molecule has 0 aromatic carbocycles. The topological polar surface area (TPSA) is 151 Å². The molecule has 0 saturated carbocycles. The van der Waals surface area contributed by atoms with Crippen molar-refractivity contribution in [3.05, 3.63) is 0 Å². The van der Waals surface area contributed by atoms with Crippen LogP contribution in [0.3, 0.4) is 0 Å². The van der Waals surface area contributed by atoms with Crippen LogP contribution in [-0.2, 0) is 19.2 Å². The molecule has 9 nitrogen and oxygen atoms in total. The second kappa shape index (κ2) is 12.8. The van der Waals surface area contributed by atoms with Crippen LogP contribution in [0.15, 0.2) is 0 Å². The van der Waals surface area contributed by atoms with Crippen LogP contribution in [-0.4, -0.2) is 70.7 Å². The molecule has 0 aromatic rings. The van der Waals surface area contributed by atoms with Crippen LogP contribution in [0.5, 0.6) is 0 Å². The zero-order valence-electron chi connectivity index (χ0n) is 16.0. The lowest BCUT2D eigenvalue weighted by molar-refractivity contribution is -0.141. The van der Waals surface area contributed by atoms with Crippen molar-refractivity contribution in [2.45, 2.75) is 51.4 Å². The molecule has 0 spiro atoms. The van der Waals surface area contributed by atoms with E-state index < -0.39 is 47.9 Å². The van der Waals surface area contributed by atoms with E-state index >= 15 is 0 Å². The van der Waals surface area contributed by atoms with Gasteiger partial charge in [-0.3, -0.25) is 19.2 Å². The van der Waals surface area contributed by atoms with Gasteiger partial charge in [0, 0.05) is 5.75 Å². The number of rotatable bonds is 12. The predicted octanol–water partition coefficient (Wildman–Crippen LogP) is -0.788. The Kier molecular flexibility index (Phi) is 12.1. The van der Waals surface area contributed by atoms with Gasteiger partial charge in [0.25, 0.3) is 0 Å². The third-order valence-corrected chi connectivity index (χ3v) is 4.79. The van der Waals surface area contributed by atoms with Crippen molar-refractivity contribution >= 4 is 48.1 Å². The lowest BCUT2D eigenvalue weighted by Gasteiger charge is -2.26. The number of nitrogens with two attached hydrogens (primary N) is 1. The first-order valence-corrected chi connectivity index (χ1v) is 10.6. The lowest BCUT2D eigenvalue weighted by Crippen LogP contribution is -2.58. The smallest absolute Gasteiger partial charge is 0.325 e. The highest BCUT2D eigenvalue weighted by atomic mass is 32.2. The number of hydrogen-bond donors (Lipinski definition) is 6. The molecular weight excluding hydrogens is 392 g/mol. The summed E-state index contributed by atoms with van der Waals surface area (Å²) in [6.07, 6.45) is 2.17. The minimum atomic E-state index is -1.17. The summed E-state index contributed by atoms with van der Waals surface area (Å²) >= 11 is 5.45. The van der Waals surface area contributed by atoms with Crippen LogP contribution >= 0.6 is 24.4 Å². The molecular formula is C16H30N4O5S2. The average Bonchev–Trinajstić information content (AvgIpc) is 2.61. The molecule has 0 aliphatic heterocycles. The molecule has 0 rings (SSSR count). The van der Waals surface area contributed by atoms with Crippen molar-refractivity contribution in [2.75, 3.05) is 17.8 Å². The summed E-state index contributed by atoms with van der Waals surface area (Å²) in [6.45, 7) is 4.84. The van der Waals surface area contributed by atoms with E-state index in [0.29, 0.717) is 12.2 Å². The molecule has 11 heteroatoms. The van der Waals surface area contributed by atoms with Crippen LogP contribution in [0.1, 0.15) is 27.2 Å². The van der Waals surface area contributed by atoms with E-state index in [-0.39, 0.29) is 11.7 Å². The molecule has 0 bridgehead atoms. The van der Waals surface area contributed by atoms with Crippen LogP contribution in [0.4, 0.5) is 0 Å².